The van der Waals surface area contributed by atoms with E-state index in [4.69, 9.17) is 0 Å². The number of benzene rings is 1. The Kier molecular flexibility index (Phi) is 4.07. The Labute approximate surface area is 139 Å². The highest BCUT2D eigenvalue weighted by Gasteiger charge is 2.24. The number of amides is 2. The van der Waals surface area contributed by atoms with Gasteiger partial charge in [-0.3, -0.25) is 14.3 Å². The van der Waals surface area contributed by atoms with Crippen molar-refractivity contribution in [1.29, 1.82) is 0 Å². The maximum Gasteiger partial charge on any atom is 0.258 e. The number of rotatable bonds is 3. The first-order valence-corrected chi connectivity index (χ1v) is 7.57. The molecule has 7 nitrogen and oxygen atoms in total. The molecule has 3 rings (SSSR count). The Bertz CT molecular complexity index is 825. The van der Waals surface area contributed by atoms with Crippen LogP contribution in [-0.4, -0.2) is 38.1 Å². The number of carbonyl (C=O) groups excluding carboxylic acids is 2. The van der Waals surface area contributed by atoms with E-state index in [0.29, 0.717) is 25.3 Å². The summed E-state index contributed by atoms with van der Waals surface area (Å²) in [5, 5.41) is 17.0. The van der Waals surface area contributed by atoms with Crippen LogP contribution in [0.25, 0.3) is 0 Å². The summed E-state index contributed by atoms with van der Waals surface area (Å²) in [6.07, 6.45) is 1.14. The molecule has 0 saturated heterocycles. The van der Waals surface area contributed by atoms with Gasteiger partial charge in [-0.1, -0.05) is 6.58 Å². The van der Waals surface area contributed by atoms with Crippen molar-refractivity contribution in [3.63, 3.8) is 0 Å². The lowest BCUT2D eigenvalue weighted by Gasteiger charge is -2.28. The Morgan fingerprint density at radius 1 is 1.33 bits per heavy atom. The molecule has 0 radical (unpaired) electrons. The van der Waals surface area contributed by atoms with Gasteiger partial charge in [0.25, 0.3) is 5.91 Å². The van der Waals surface area contributed by atoms with E-state index >= 15 is 0 Å². The van der Waals surface area contributed by atoms with Crippen LogP contribution in [0.1, 0.15) is 21.7 Å². The molecule has 0 spiro atoms. The third-order valence-electron chi connectivity index (χ3n) is 3.89. The fourth-order valence-corrected chi connectivity index (χ4v) is 2.73. The number of aromatic hydroxyl groups is 1. The van der Waals surface area contributed by atoms with Crippen molar-refractivity contribution in [3.8, 4) is 5.75 Å². The molecule has 2 N–H and O–H groups in total. The molecule has 2 aromatic rings. The second-order valence-electron chi connectivity index (χ2n) is 5.65. The zero-order valence-corrected chi connectivity index (χ0v) is 13.3. The third-order valence-corrected chi connectivity index (χ3v) is 3.89. The third kappa shape index (κ3) is 3.01. The minimum Gasteiger partial charge on any atom is -0.507 e. The van der Waals surface area contributed by atoms with E-state index in [-0.39, 0.29) is 23.1 Å². The van der Waals surface area contributed by atoms with E-state index in [9.17, 15) is 14.7 Å². The van der Waals surface area contributed by atoms with Gasteiger partial charge in [0.1, 0.15) is 5.75 Å². The molecule has 1 aliphatic rings. The highest BCUT2D eigenvalue weighted by atomic mass is 16.3. The molecule has 1 aromatic heterocycles. The average molecular weight is 326 g/mol. The lowest BCUT2D eigenvalue weighted by Crippen LogP contribution is -2.38. The Hall–Kier alpha value is -3.09. The Morgan fingerprint density at radius 2 is 2.12 bits per heavy atom. The van der Waals surface area contributed by atoms with Crippen LogP contribution in [0.3, 0.4) is 0 Å². The number of phenols is 1. The van der Waals surface area contributed by atoms with Crippen molar-refractivity contribution in [2.75, 3.05) is 11.9 Å². The Morgan fingerprint density at radius 3 is 2.88 bits per heavy atom. The number of aryl methyl sites for hydroxylation is 1. The predicted molar refractivity (Wildman–Crippen MR) is 88.6 cm³/mol. The standard InChI is InChI=1S/C17H18N4O3/c1-3-16(23)18-12-4-5-15(22)14(9-12)17(24)20-6-7-21-13(10-20)8-11(2)19-21/h3-5,8-9,22H,1,6-7,10H2,2H3,(H,18,23). The van der Waals surface area contributed by atoms with Crippen LogP contribution >= 0.6 is 0 Å². The summed E-state index contributed by atoms with van der Waals surface area (Å²) in [5.74, 6) is -0.782. The van der Waals surface area contributed by atoms with Crippen LogP contribution in [0.5, 0.6) is 5.75 Å². The maximum atomic E-state index is 12.7. The molecule has 0 unspecified atom stereocenters. The minimum absolute atomic E-state index is 0.119. The monoisotopic (exact) mass is 326 g/mol. The van der Waals surface area contributed by atoms with Gasteiger partial charge in [-0.25, -0.2) is 0 Å². The fraction of sp³-hybridized carbons (Fsp3) is 0.235. The largest absolute Gasteiger partial charge is 0.507 e. The van der Waals surface area contributed by atoms with Gasteiger partial charge in [0.15, 0.2) is 0 Å². The number of anilines is 1. The van der Waals surface area contributed by atoms with Crippen LogP contribution in [0.4, 0.5) is 5.69 Å². The van der Waals surface area contributed by atoms with Crippen molar-refractivity contribution in [2.45, 2.75) is 20.0 Å². The first-order chi connectivity index (χ1) is 11.5. The van der Waals surface area contributed by atoms with Crippen molar-refractivity contribution in [3.05, 3.63) is 53.9 Å². The highest BCUT2D eigenvalue weighted by Crippen LogP contribution is 2.25. The van der Waals surface area contributed by atoms with Crippen molar-refractivity contribution < 1.29 is 14.7 Å². The lowest BCUT2D eigenvalue weighted by molar-refractivity contribution is -0.111. The molecule has 1 aliphatic heterocycles. The first-order valence-electron chi connectivity index (χ1n) is 7.57. The van der Waals surface area contributed by atoms with Gasteiger partial charge in [0.2, 0.25) is 5.91 Å². The molecule has 1 aromatic carbocycles. The molecule has 2 amide bonds. The molecular formula is C17H18N4O3. The summed E-state index contributed by atoms with van der Waals surface area (Å²) in [4.78, 5) is 25.8. The predicted octanol–water partition coefficient (Wildman–Crippen LogP) is 1.68. The maximum absolute atomic E-state index is 12.7. The fourth-order valence-electron chi connectivity index (χ4n) is 2.73. The average Bonchev–Trinajstić information content (AvgIpc) is 2.94. The summed E-state index contributed by atoms with van der Waals surface area (Å²) in [6.45, 7) is 6.85. The van der Waals surface area contributed by atoms with Gasteiger partial charge in [-0.2, -0.15) is 5.10 Å². The number of aromatic nitrogens is 2. The normalized spacial score (nSPS) is 13.3. The van der Waals surface area contributed by atoms with E-state index in [1.54, 1.807) is 4.90 Å². The summed E-state index contributed by atoms with van der Waals surface area (Å²) < 4.78 is 1.89. The van der Waals surface area contributed by atoms with Crippen molar-refractivity contribution in [2.24, 2.45) is 0 Å². The molecule has 24 heavy (non-hydrogen) atoms. The zero-order chi connectivity index (χ0) is 17.3. The number of carbonyl (C=O) groups is 2. The topological polar surface area (TPSA) is 87.5 Å². The van der Waals surface area contributed by atoms with E-state index in [1.807, 2.05) is 17.7 Å². The molecule has 0 aliphatic carbocycles. The van der Waals surface area contributed by atoms with E-state index in [0.717, 1.165) is 17.5 Å². The van der Waals surface area contributed by atoms with Gasteiger partial charge in [0.05, 0.1) is 30.0 Å². The molecule has 2 heterocycles. The van der Waals surface area contributed by atoms with Crippen LogP contribution < -0.4 is 5.32 Å². The molecule has 0 bridgehead atoms. The van der Waals surface area contributed by atoms with Crippen molar-refractivity contribution in [1.82, 2.24) is 14.7 Å². The smallest absolute Gasteiger partial charge is 0.258 e. The van der Waals surface area contributed by atoms with Crippen molar-refractivity contribution >= 4 is 17.5 Å². The summed E-state index contributed by atoms with van der Waals surface area (Å²) in [6, 6.07) is 6.34. The zero-order valence-electron chi connectivity index (χ0n) is 13.3. The van der Waals surface area contributed by atoms with Crippen LogP contribution in [0, 0.1) is 6.92 Å². The summed E-state index contributed by atoms with van der Waals surface area (Å²) in [7, 11) is 0. The van der Waals surface area contributed by atoms with Gasteiger partial charge in [-0.15, -0.1) is 0 Å². The van der Waals surface area contributed by atoms with E-state index in [1.165, 1.54) is 18.2 Å². The molecule has 7 heteroatoms. The van der Waals surface area contributed by atoms with E-state index in [2.05, 4.69) is 17.0 Å². The first kappa shape index (κ1) is 15.8. The van der Waals surface area contributed by atoms with Gasteiger partial charge >= 0.3 is 0 Å². The Balaban J connectivity index is 1.83. The molecule has 124 valence electrons. The summed E-state index contributed by atoms with van der Waals surface area (Å²) >= 11 is 0. The van der Waals surface area contributed by atoms with Crippen LogP contribution in [0.15, 0.2) is 36.9 Å². The number of nitrogens with zero attached hydrogens (tertiary/aromatic N) is 3. The SMILES string of the molecule is C=CC(=O)Nc1ccc(O)c(C(=O)N2CCn3nc(C)cc3C2)c1. The van der Waals surface area contributed by atoms with Gasteiger partial charge in [-0.05, 0) is 37.3 Å². The molecular weight excluding hydrogens is 308 g/mol. The highest BCUT2D eigenvalue weighted by molar-refractivity contribution is 6.02. The second-order valence-corrected chi connectivity index (χ2v) is 5.65. The molecule has 0 atom stereocenters. The lowest BCUT2D eigenvalue weighted by atomic mass is 10.1. The number of fused-ring (bicyclic) bond motifs is 1. The summed E-state index contributed by atoms with van der Waals surface area (Å²) in [5.41, 5.74) is 2.46. The second kappa shape index (κ2) is 6.19. The molecule has 0 fully saturated rings. The number of hydrogen-bond donors (Lipinski definition) is 2. The van der Waals surface area contributed by atoms with Crippen LogP contribution in [-0.2, 0) is 17.9 Å². The quantitative estimate of drug-likeness (QED) is 0.663. The van der Waals surface area contributed by atoms with E-state index < -0.39 is 0 Å². The number of hydrogen-bond acceptors (Lipinski definition) is 4. The number of nitrogens with one attached hydrogen (secondary N) is 1. The minimum atomic E-state index is -0.378. The molecule has 0 saturated carbocycles. The number of phenolic OH excluding ortho intramolecular Hbond substituents is 1. The van der Waals surface area contributed by atoms with Gasteiger partial charge in [0, 0.05) is 12.2 Å². The van der Waals surface area contributed by atoms with Crippen LogP contribution in [0.2, 0.25) is 0 Å². The van der Waals surface area contributed by atoms with Gasteiger partial charge < -0.3 is 15.3 Å².